The van der Waals surface area contributed by atoms with E-state index in [0.717, 1.165) is 19.3 Å². The summed E-state index contributed by atoms with van der Waals surface area (Å²) in [6.07, 6.45) is 2.79. The number of aliphatic hydroxyl groups is 1. The molecule has 0 saturated carbocycles. The molecule has 0 fully saturated rings. The van der Waals surface area contributed by atoms with Crippen molar-refractivity contribution >= 4 is 5.78 Å². The standard InChI is InChI=1S/C8H17NO2/c1-2-3-4-5-7(10)6-8(9)11/h8,11H,2-6,9H2,1H3. The van der Waals surface area contributed by atoms with Gasteiger partial charge in [-0.3, -0.25) is 4.79 Å². The fourth-order valence-electron chi connectivity index (χ4n) is 0.907. The third kappa shape index (κ3) is 7.49. The number of aliphatic hydroxyl groups excluding tert-OH is 1. The average Bonchev–Trinajstić information content (AvgIpc) is 1.86. The Hall–Kier alpha value is -0.410. The lowest BCUT2D eigenvalue weighted by atomic mass is 10.1. The van der Waals surface area contributed by atoms with Crippen LogP contribution in [0.25, 0.3) is 0 Å². The molecule has 0 rings (SSSR count). The highest BCUT2D eigenvalue weighted by Gasteiger charge is 2.04. The molecule has 11 heavy (non-hydrogen) atoms. The van der Waals surface area contributed by atoms with Gasteiger partial charge in [0.2, 0.25) is 0 Å². The summed E-state index contributed by atoms with van der Waals surface area (Å²) >= 11 is 0. The van der Waals surface area contributed by atoms with Crippen LogP contribution < -0.4 is 5.73 Å². The largest absolute Gasteiger partial charge is 0.378 e. The van der Waals surface area contributed by atoms with Crippen molar-refractivity contribution in [3.8, 4) is 0 Å². The van der Waals surface area contributed by atoms with Crippen molar-refractivity contribution in [3.63, 3.8) is 0 Å². The monoisotopic (exact) mass is 159 g/mol. The number of unbranched alkanes of at least 4 members (excludes halogenated alkanes) is 2. The van der Waals surface area contributed by atoms with Crippen molar-refractivity contribution in [2.24, 2.45) is 5.73 Å². The summed E-state index contributed by atoms with van der Waals surface area (Å²) in [4.78, 5) is 10.9. The Morgan fingerprint density at radius 1 is 1.55 bits per heavy atom. The van der Waals surface area contributed by atoms with Crippen LogP contribution in [0, 0.1) is 0 Å². The molecule has 0 aliphatic carbocycles. The third-order valence-corrected chi connectivity index (χ3v) is 1.50. The van der Waals surface area contributed by atoms with E-state index in [1.165, 1.54) is 0 Å². The first-order valence-corrected chi connectivity index (χ1v) is 4.12. The normalized spacial score (nSPS) is 13.0. The number of Topliss-reactive ketones (excluding diaryl/α,β-unsaturated/α-hetero) is 1. The number of rotatable bonds is 6. The van der Waals surface area contributed by atoms with E-state index in [1.54, 1.807) is 0 Å². The molecule has 3 heteroatoms. The van der Waals surface area contributed by atoms with Crippen LogP contribution in [0.4, 0.5) is 0 Å². The zero-order chi connectivity index (χ0) is 8.69. The van der Waals surface area contributed by atoms with Gasteiger partial charge in [0.05, 0.1) is 0 Å². The highest BCUT2D eigenvalue weighted by atomic mass is 16.3. The minimum absolute atomic E-state index is 0.0634. The SMILES string of the molecule is CCCCCC(=O)CC(N)O. The molecule has 0 heterocycles. The summed E-state index contributed by atoms with van der Waals surface area (Å²) in [7, 11) is 0. The first-order chi connectivity index (χ1) is 5.16. The van der Waals surface area contributed by atoms with Crippen LogP contribution in [0.1, 0.15) is 39.0 Å². The molecule has 3 nitrogen and oxygen atoms in total. The molecule has 0 radical (unpaired) electrons. The predicted octanol–water partition coefficient (Wildman–Crippen LogP) is 0.803. The Balaban J connectivity index is 3.23. The fourth-order valence-corrected chi connectivity index (χ4v) is 0.907. The molecule has 0 amide bonds. The lowest BCUT2D eigenvalue weighted by Gasteiger charge is -2.02. The average molecular weight is 159 g/mol. The van der Waals surface area contributed by atoms with Gasteiger partial charge in [0.25, 0.3) is 0 Å². The summed E-state index contributed by atoms with van der Waals surface area (Å²) in [5.41, 5.74) is 5.03. The Bertz CT molecular complexity index is 113. The second-order valence-corrected chi connectivity index (χ2v) is 2.77. The summed E-state index contributed by atoms with van der Waals surface area (Å²) in [5.74, 6) is 0.0634. The molecule has 3 N–H and O–H groups in total. The first kappa shape index (κ1) is 10.6. The molecule has 1 atom stereocenters. The van der Waals surface area contributed by atoms with Gasteiger partial charge in [-0.05, 0) is 6.42 Å². The van der Waals surface area contributed by atoms with E-state index in [-0.39, 0.29) is 12.2 Å². The van der Waals surface area contributed by atoms with Crippen molar-refractivity contribution in [2.45, 2.75) is 45.3 Å². The van der Waals surface area contributed by atoms with Gasteiger partial charge < -0.3 is 10.8 Å². The van der Waals surface area contributed by atoms with Crippen LogP contribution in [0.15, 0.2) is 0 Å². The molecule has 66 valence electrons. The molecule has 0 saturated heterocycles. The molecule has 0 aromatic heterocycles. The van der Waals surface area contributed by atoms with Crippen LogP contribution in [0.3, 0.4) is 0 Å². The minimum Gasteiger partial charge on any atom is -0.378 e. The first-order valence-electron chi connectivity index (χ1n) is 4.12. The van der Waals surface area contributed by atoms with Crippen LogP contribution >= 0.6 is 0 Å². The van der Waals surface area contributed by atoms with E-state index in [9.17, 15) is 4.79 Å². The summed E-state index contributed by atoms with van der Waals surface area (Å²) in [5, 5.41) is 8.64. The van der Waals surface area contributed by atoms with Gasteiger partial charge in [0, 0.05) is 12.8 Å². The number of hydrogen-bond donors (Lipinski definition) is 2. The summed E-state index contributed by atoms with van der Waals surface area (Å²) in [6, 6.07) is 0. The van der Waals surface area contributed by atoms with E-state index >= 15 is 0 Å². The van der Waals surface area contributed by atoms with Crippen molar-refractivity contribution in [1.82, 2.24) is 0 Å². The van der Waals surface area contributed by atoms with E-state index in [4.69, 9.17) is 10.8 Å². The third-order valence-electron chi connectivity index (χ3n) is 1.50. The quantitative estimate of drug-likeness (QED) is 0.445. The van der Waals surface area contributed by atoms with E-state index in [0.29, 0.717) is 6.42 Å². The maximum Gasteiger partial charge on any atom is 0.136 e. The summed E-state index contributed by atoms with van der Waals surface area (Å²) in [6.45, 7) is 2.09. The number of nitrogens with two attached hydrogens (primary N) is 1. The molecule has 0 aromatic carbocycles. The second kappa shape index (κ2) is 6.31. The molecule has 0 bridgehead atoms. The summed E-state index contributed by atoms with van der Waals surface area (Å²) < 4.78 is 0. The number of carbonyl (C=O) groups excluding carboxylic acids is 1. The molecular weight excluding hydrogens is 142 g/mol. The number of hydrogen-bond acceptors (Lipinski definition) is 3. The molecule has 0 aliphatic rings. The molecule has 0 spiro atoms. The smallest absolute Gasteiger partial charge is 0.136 e. The highest BCUT2D eigenvalue weighted by molar-refractivity contribution is 5.78. The minimum atomic E-state index is -0.968. The Morgan fingerprint density at radius 2 is 2.18 bits per heavy atom. The highest BCUT2D eigenvalue weighted by Crippen LogP contribution is 2.01. The lowest BCUT2D eigenvalue weighted by Crippen LogP contribution is -2.22. The van der Waals surface area contributed by atoms with Gasteiger partial charge in [0.1, 0.15) is 12.0 Å². The van der Waals surface area contributed by atoms with Crippen molar-refractivity contribution in [1.29, 1.82) is 0 Å². The van der Waals surface area contributed by atoms with Crippen molar-refractivity contribution in [2.75, 3.05) is 0 Å². The second-order valence-electron chi connectivity index (χ2n) is 2.77. The van der Waals surface area contributed by atoms with Crippen LogP contribution in [-0.2, 0) is 4.79 Å². The van der Waals surface area contributed by atoms with Gasteiger partial charge in [-0.15, -0.1) is 0 Å². The molecule has 0 aliphatic heterocycles. The fraction of sp³-hybridized carbons (Fsp3) is 0.875. The predicted molar refractivity (Wildman–Crippen MR) is 44.0 cm³/mol. The van der Waals surface area contributed by atoms with Crippen molar-refractivity contribution < 1.29 is 9.90 Å². The van der Waals surface area contributed by atoms with Crippen LogP contribution in [-0.4, -0.2) is 17.1 Å². The zero-order valence-corrected chi connectivity index (χ0v) is 7.05. The molecular formula is C8H17NO2. The van der Waals surface area contributed by atoms with Crippen LogP contribution in [0.2, 0.25) is 0 Å². The topological polar surface area (TPSA) is 63.3 Å². The maximum atomic E-state index is 10.9. The molecule has 0 aromatic rings. The van der Waals surface area contributed by atoms with E-state index < -0.39 is 6.23 Å². The maximum absolute atomic E-state index is 10.9. The zero-order valence-electron chi connectivity index (χ0n) is 7.05. The Labute approximate surface area is 67.6 Å². The Kier molecular flexibility index (Phi) is 6.07. The van der Waals surface area contributed by atoms with Gasteiger partial charge in [0.15, 0.2) is 0 Å². The van der Waals surface area contributed by atoms with Crippen molar-refractivity contribution in [3.05, 3.63) is 0 Å². The van der Waals surface area contributed by atoms with Gasteiger partial charge in [-0.2, -0.15) is 0 Å². The van der Waals surface area contributed by atoms with Crippen LogP contribution in [0.5, 0.6) is 0 Å². The van der Waals surface area contributed by atoms with Gasteiger partial charge in [-0.25, -0.2) is 0 Å². The van der Waals surface area contributed by atoms with E-state index in [2.05, 4.69) is 6.92 Å². The molecule has 1 unspecified atom stereocenters. The number of ketones is 1. The Morgan fingerprint density at radius 3 is 2.64 bits per heavy atom. The van der Waals surface area contributed by atoms with E-state index in [1.807, 2.05) is 0 Å². The van der Waals surface area contributed by atoms with Gasteiger partial charge >= 0.3 is 0 Å². The van der Waals surface area contributed by atoms with Gasteiger partial charge in [-0.1, -0.05) is 19.8 Å². The lowest BCUT2D eigenvalue weighted by molar-refractivity contribution is -0.120. The number of carbonyl (C=O) groups is 1.